The predicted molar refractivity (Wildman–Crippen MR) is 109 cm³/mol. The Morgan fingerprint density at radius 2 is 2.07 bits per heavy atom. The first kappa shape index (κ1) is 19.7. The third-order valence-corrected chi connectivity index (χ3v) is 6.00. The average Bonchev–Trinajstić information content (AvgIpc) is 2.88. The van der Waals surface area contributed by atoms with Gasteiger partial charge in [0, 0.05) is 6.08 Å². The summed E-state index contributed by atoms with van der Waals surface area (Å²) in [6.45, 7) is 8.99. The fourth-order valence-electron chi connectivity index (χ4n) is 4.51. The van der Waals surface area contributed by atoms with Crippen LogP contribution in [0.15, 0.2) is 30.3 Å². The lowest BCUT2D eigenvalue weighted by Gasteiger charge is -2.36. The lowest BCUT2D eigenvalue weighted by Crippen LogP contribution is -2.37. The highest BCUT2D eigenvalue weighted by Gasteiger charge is 2.34. The van der Waals surface area contributed by atoms with Crippen LogP contribution >= 0.6 is 0 Å². The maximum absolute atomic E-state index is 12.9. The zero-order valence-corrected chi connectivity index (χ0v) is 17.3. The van der Waals surface area contributed by atoms with Gasteiger partial charge in [0.1, 0.15) is 6.10 Å². The number of aryl methyl sites for hydroxylation is 1. The van der Waals surface area contributed by atoms with Gasteiger partial charge in [-0.15, -0.1) is 0 Å². The van der Waals surface area contributed by atoms with Crippen LogP contribution in [0.25, 0.3) is 17.1 Å². The SMILES string of the molecule is C/C=C/c1n(CC(=O)O[C@@H]2C[C@H](C)CCC2C(C)C)c2ccccc2[n+]1C. The summed E-state index contributed by atoms with van der Waals surface area (Å²) in [7, 11) is 2.04. The molecule has 1 aliphatic carbocycles. The van der Waals surface area contributed by atoms with E-state index in [1.54, 1.807) is 0 Å². The minimum absolute atomic E-state index is 0.0435. The summed E-state index contributed by atoms with van der Waals surface area (Å²) in [5, 5.41) is 0. The molecule has 1 aromatic carbocycles. The highest BCUT2D eigenvalue weighted by molar-refractivity contribution is 5.77. The average molecular weight is 370 g/mol. The third-order valence-electron chi connectivity index (χ3n) is 6.00. The second-order valence-electron chi connectivity index (χ2n) is 8.35. The first-order valence-electron chi connectivity index (χ1n) is 10.2. The van der Waals surface area contributed by atoms with Crippen molar-refractivity contribution in [1.82, 2.24) is 4.57 Å². The van der Waals surface area contributed by atoms with Gasteiger partial charge < -0.3 is 4.74 Å². The van der Waals surface area contributed by atoms with E-state index in [1.807, 2.05) is 38.3 Å². The van der Waals surface area contributed by atoms with E-state index in [2.05, 4.69) is 42.0 Å². The van der Waals surface area contributed by atoms with Gasteiger partial charge in [-0.25, -0.2) is 13.9 Å². The van der Waals surface area contributed by atoms with Crippen molar-refractivity contribution < 1.29 is 14.1 Å². The van der Waals surface area contributed by atoms with Crippen LogP contribution in [0.1, 0.15) is 52.8 Å². The van der Waals surface area contributed by atoms with Crippen molar-refractivity contribution in [2.24, 2.45) is 24.8 Å². The predicted octanol–water partition coefficient (Wildman–Crippen LogP) is 4.50. The number of carbonyl (C=O) groups excluding carboxylic acids is 1. The number of ether oxygens (including phenoxy) is 1. The molecule has 4 heteroatoms. The lowest BCUT2D eigenvalue weighted by atomic mass is 9.75. The number of hydrogen-bond donors (Lipinski definition) is 0. The van der Waals surface area contributed by atoms with Crippen LogP contribution in [0, 0.1) is 17.8 Å². The van der Waals surface area contributed by atoms with Crippen molar-refractivity contribution in [3.63, 3.8) is 0 Å². The zero-order chi connectivity index (χ0) is 19.6. The van der Waals surface area contributed by atoms with Gasteiger partial charge in [0.15, 0.2) is 17.6 Å². The van der Waals surface area contributed by atoms with Gasteiger partial charge in [0.05, 0.1) is 7.05 Å². The van der Waals surface area contributed by atoms with E-state index in [0.29, 0.717) is 17.8 Å². The second-order valence-corrected chi connectivity index (χ2v) is 8.35. The van der Waals surface area contributed by atoms with Crippen LogP contribution in [-0.4, -0.2) is 16.6 Å². The number of carbonyl (C=O) groups is 1. The number of rotatable bonds is 5. The largest absolute Gasteiger partial charge is 0.459 e. The van der Waals surface area contributed by atoms with Gasteiger partial charge in [0.2, 0.25) is 0 Å². The number of esters is 1. The Labute approximate surface area is 162 Å². The first-order valence-corrected chi connectivity index (χ1v) is 10.2. The van der Waals surface area contributed by atoms with Gasteiger partial charge in [-0.1, -0.05) is 45.4 Å². The molecule has 27 heavy (non-hydrogen) atoms. The third kappa shape index (κ3) is 4.10. The molecule has 1 heterocycles. The Morgan fingerprint density at radius 1 is 1.33 bits per heavy atom. The molecule has 4 nitrogen and oxygen atoms in total. The molecule has 0 amide bonds. The Balaban J connectivity index is 1.84. The van der Waals surface area contributed by atoms with Crippen LogP contribution in [0.5, 0.6) is 0 Å². The van der Waals surface area contributed by atoms with Crippen molar-refractivity contribution in [2.75, 3.05) is 0 Å². The molecule has 0 aliphatic heterocycles. The van der Waals surface area contributed by atoms with Crippen LogP contribution in [0.3, 0.4) is 0 Å². The topological polar surface area (TPSA) is 35.1 Å². The number of imidazole rings is 1. The number of benzene rings is 1. The summed E-state index contributed by atoms with van der Waals surface area (Å²) in [6, 6.07) is 8.19. The van der Waals surface area contributed by atoms with Crippen LogP contribution in [-0.2, 0) is 23.1 Å². The molecule has 1 unspecified atom stereocenters. The van der Waals surface area contributed by atoms with E-state index in [4.69, 9.17) is 4.74 Å². The molecule has 1 fully saturated rings. The molecule has 1 saturated carbocycles. The number of para-hydroxylation sites is 2. The molecule has 0 radical (unpaired) electrons. The maximum Gasteiger partial charge on any atom is 0.348 e. The molecule has 1 aromatic heterocycles. The monoisotopic (exact) mass is 369 g/mol. The van der Waals surface area contributed by atoms with E-state index in [-0.39, 0.29) is 18.6 Å². The second kappa shape index (κ2) is 8.28. The van der Waals surface area contributed by atoms with Crippen molar-refractivity contribution in [3.8, 4) is 0 Å². The molecule has 0 N–H and O–H groups in total. The van der Waals surface area contributed by atoms with Gasteiger partial charge in [-0.05, 0) is 49.7 Å². The quantitative estimate of drug-likeness (QED) is 0.574. The molecule has 0 saturated heterocycles. The molecule has 3 atom stereocenters. The van der Waals surface area contributed by atoms with E-state index in [9.17, 15) is 4.79 Å². The number of hydrogen-bond acceptors (Lipinski definition) is 2. The van der Waals surface area contributed by atoms with E-state index in [1.165, 1.54) is 6.42 Å². The highest BCUT2D eigenvalue weighted by atomic mass is 16.5. The molecule has 2 aromatic rings. The lowest BCUT2D eigenvalue weighted by molar-refractivity contribution is -0.647. The van der Waals surface area contributed by atoms with Crippen molar-refractivity contribution in [2.45, 2.75) is 59.6 Å². The molecular weight excluding hydrogens is 336 g/mol. The smallest absolute Gasteiger partial charge is 0.348 e. The fourth-order valence-corrected chi connectivity index (χ4v) is 4.51. The van der Waals surface area contributed by atoms with Gasteiger partial charge in [0.25, 0.3) is 5.82 Å². The molecule has 0 spiro atoms. The van der Waals surface area contributed by atoms with Crippen LogP contribution in [0.4, 0.5) is 0 Å². The Kier molecular flexibility index (Phi) is 6.03. The van der Waals surface area contributed by atoms with Gasteiger partial charge in [-0.3, -0.25) is 0 Å². The van der Waals surface area contributed by atoms with E-state index in [0.717, 1.165) is 29.7 Å². The van der Waals surface area contributed by atoms with Gasteiger partial charge >= 0.3 is 5.97 Å². The first-order chi connectivity index (χ1) is 12.9. The number of fused-ring (bicyclic) bond motifs is 1. The summed E-state index contributed by atoms with van der Waals surface area (Å²) < 4.78 is 10.2. The molecular formula is C23H33N2O2+. The van der Waals surface area contributed by atoms with E-state index < -0.39 is 0 Å². The summed E-state index contributed by atoms with van der Waals surface area (Å²) in [6.07, 6.45) is 7.47. The number of nitrogens with zero attached hydrogens (tertiary/aromatic N) is 2. The van der Waals surface area contributed by atoms with Crippen LogP contribution in [0.2, 0.25) is 0 Å². The molecule has 146 valence electrons. The normalized spacial score (nSPS) is 23.4. The zero-order valence-electron chi connectivity index (χ0n) is 17.3. The van der Waals surface area contributed by atoms with Gasteiger partial charge in [-0.2, -0.15) is 0 Å². The Morgan fingerprint density at radius 3 is 2.78 bits per heavy atom. The molecule has 0 bridgehead atoms. The summed E-state index contributed by atoms with van der Waals surface area (Å²) in [4.78, 5) is 12.9. The Bertz CT molecular complexity index is 834. The Hall–Kier alpha value is -2.10. The molecule has 3 rings (SSSR count). The molecule has 1 aliphatic rings. The van der Waals surface area contributed by atoms with Crippen molar-refractivity contribution in [1.29, 1.82) is 0 Å². The minimum Gasteiger partial charge on any atom is -0.459 e. The summed E-state index contributed by atoms with van der Waals surface area (Å²) in [5.74, 6) is 2.51. The summed E-state index contributed by atoms with van der Waals surface area (Å²) >= 11 is 0. The maximum atomic E-state index is 12.9. The highest BCUT2D eigenvalue weighted by Crippen LogP contribution is 2.35. The standard InChI is InChI=1S/C23H33N2O2/c1-6-9-22-24(5)19-10-7-8-11-20(19)25(22)15-23(26)27-21-14-17(4)12-13-18(21)16(2)3/h6-11,16-18,21H,12-15H2,1-5H3/q+1/b9-6+/t17-,18?,21-/m1/s1. The number of aromatic nitrogens is 2. The summed E-state index contributed by atoms with van der Waals surface area (Å²) in [5.41, 5.74) is 2.17. The van der Waals surface area contributed by atoms with Crippen molar-refractivity contribution >= 4 is 23.1 Å². The van der Waals surface area contributed by atoms with E-state index >= 15 is 0 Å². The minimum atomic E-state index is -0.133. The fraction of sp³-hybridized carbons (Fsp3) is 0.565. The van der Waals surface area contributed by atoms with Crippen molar-refractivity contribution in [3.05, 3.63) is 36.2 Å². The van der Waals surface area contributed by atoms with Crippen LogP contribution < -0.4 is 4.57 Å². The number of allylic oxidation sites excluding steroid dienone is 1.